The molecule has 76 valence electrons. The number of ether oxygens (including phenoxy) is 1. The Bertz CT molecular complexity index is 285. The summed E-state index contributed by atoms with van der Waals surface area (Å²) in [6, 6.07) is 10.3. The smallest absolute Gasteiger partial charge is 0.0809 e. The topological polar surface area (TPSA) is 9.23 Å². The molecular formula is C13H18O. The minimum absolute atomic E-state index is 0.176. The van der Waals surface area contributed by atoms with E-state index in [4.69, 9.17) is 4.74 Å². The number of hydrogen-bond donors (Lipinski definition) is 0. The van der Waals surface area contributed by atoms with Gasteiger partial charge in [0.1, 0.15) is 0 Å². The van der Waals surface area contributed by atoms with E-state index in [1.165, 1.54) is 5.56 Å². The van der Waals surface area contributed by atoms with Crippen LogP contribution in [0.25, 0.3) is 6.08 Å². The zero-order valence-electron chi connectivity index (χ0n) is 9.16. The SMILES string of the molecule is CCOC(C)(C)/C=C/c1ccccc1. The van der Waals surface area contributed by atoms with Gasteiger partial charge in [-0.25, -0.2) is 0 Å². The van der Waals surface area contributed by atoms with E-state index >= 15 is 0 Å². The Kier molecular flexibility index (Phi) is 3.90. The van der Waals surface area contributed by atoms with Gasteiger partial charge in [-0.15, -0.1) is 0 Å². The molecule has 0 aliphatic carbocycles. The van der Waals surface area contributed by atoms with Crippen LogP contribution in [0.1, 0.15) is 26.3 Å². The Labute approximate surface area is 86.4 Å². The van der Waals surface area contributed by atoms with Gasteiger partial charge in [0.2, 0.25) is 0 Å². The van der Waals surface area contributed by atoms with Crippen molar-refractivity contribution < 1.29 is 4.74 Å². The van der Waals surface area contributed by atoms with Gasteiger partial charge in [-0.1, -0.05) is 42.5 Å². The summed E-state index contributed by atoms with van der Waals surface area (Å²) in [5, 5.41) is 0. The zero-order chi connectivity index (χ0) is 10.4. The van der Waals surface area contributed by atoms with Crippen molar-refractivity contribution in [3.05, 3.63) is 42.0 Å². The second kappa shape index (κ2) is 4.97. The summed E-state index contributed by atoms with van der Waals surface area (Å²) in [5.41, 5.74) is 1.03. The van der Waals surface area contributed by atoms with Crippen LogP contribution in [0.4, 0.5) is 0 Å². The monoisotopic (exact) mass is 190 g/mol. The Balaban J connectivity index is 2.64. The molecule has 0 amide bonds. The van der Waals surface area contributed by atoms with Crippen LogP contribution in [0.15, 0.2) is 36.4 Å². The molecule has 0 radical (unpaired) electrons. The van der Waals surface area contributed by atoms with Gasteiger partial charge >= 0.3 is 0 Å². The van der Waals surface area contributed by atoms with Crippen molar-refractivity contribution in [2.75, 3.05) is 6.61 Å². The summed E-state index contributed by atoms with van der Waals surface area (Å²) in [4.78, 5) is 0. The van der Waals surface area contributed by atoms with E-state index in [2.05, 4.69) is 38.1 Å². The summed E-state index contributed by atoms with van der Waals surface area (Å²) in [6.07, 6.45) is 4.18. The van der Waals surface area contributed by atoms with Crippen molar-refractivity contribution in [3.63, 3.8) is 0 Å². The lowest BCUT2D eigenvalue weighted by Gasteiger charge is -2.19. The third kappa shape index (κ3) is 3.75. The van der Waals surface area contributed by atoms with E-state index in [1.807, 2.05) is 25.1 Å². The maximum atomic E-state index is 5.56. The van der Waals surface area contributed by atoms with Gasteiger partial charge in [-0.3, -0.25) is 0 Å². The highest BCUT2D eigenvalue weighted by Crippen LogP contribution is 2.13. The third-order valence-corrected chi connectivity index (χ3v) is 1.99. The predicted molar refractivity (Wildman–Crippen MR) is 61.2 cm³/mol. The lowest BCUT2D eigenvalue weighted by Crippen LogP contribution is -2.20. The molecule has 0 saturated heterocycles. The van der Waals surface area contributed by atoms with Gasteiger partial charge in [-0.2, -0.15) is 0 Å². The molecule has 0 fully saturated rings. The minimum atomic E-state index is -0.176. The molecule has 1 nitrogen and oxygen atoms in total. The Morgan fingerprint density at radius 2 is 1.86 bits per heavy atom. The molecule has 0 spiro atoms. The van der Waals surface area contributed by atoms with Gasteiger partial charge in [-0.05, 0) is 26.3 Å². The standard InChI is InChI=1S/C13H18O/c1-4-14-13(2,3)11-10-12-8-6-5-7-9-12/h5-11H,4H2,1-3H3/b11-10+. The summed E-state index contributed by atoms with van der Waals surface area (Å²) in [6.45, 7) is 6.89. The molecule has 0 N–H and O–H groups in total. The van der Waals surface area contributed by atoms with Crippen molar-refractivity contribution in [1.82, 2.24) is 0 Å². The predicted octanol–water partition coefficient (Wildman–Crippen LogP) is 3.51. The molecule has 0 aromatic heterocycles. The maximum absolute atomic E-state index is 5.56. The fourth-order valence-corrected chi connectivity index (χ4v) is 1.28. The lowest BCUT2D eigenvalue weighted by atomic mass is 10.1. The van der Waals surface area contributed by atoms with Crippen LogP contribution in [0.3, 0.4) is 0 Å². The minimum Gasteiger partial charge on any atom is -0.372 e. The second-order valence-corrected chi connectivity index (χ2v) is 3.78. The molecule has 1 rings (SSSR count). The summed E-state index contributed by atoms with van der Waals surface area (Å²) in [7, 11) is 0. The number of benzene rings is 1. The molecule has 0 saturated carbocycles. The lowest BCUT2D eigenvalue weighted by molar-refractivity contribution is 0.0291. The van der Waals surface area contributed by atoms with Gasteiger partial charge in [0, 0.05) is 6.61 Å². The first-order valence-corrected chi connectivity index (χ1v) is 5.02. The molecule has 0 aliphatic rings. The van der Waals surface area contributed by atoms with Crippen molar-refractivity contribution in [2.45, 2.75) is 26.4 Å². The zero-order valence-corrected chi connectivity index (χ0v) is 9.16. The normalized spacial score (nSPS) is 12.2. The first kappa shape index (κ1) is 11.0. The fourth-order valence-electron chi connectivity index (χ4n) is 1.28. The molecule has 0 bridgehead atoms. The first-order chi connectivity index (χ1) is 6.64. The molecule has 0 heterocycles. The van der Waals surface area contributed by atoms with Crippen LogP contribution in [0.2, 0.25) is 0 Å². The van der Waals surface area contributed by atoms with Gasteiger partial charge in [0.25, 0.3) is 0 Å². The van der Waals surface area contributed by atoms with Crippen LogP contribution in [0.5, 0.6) is 0 Å². The molecule has 0 atom stereocenters. The summed E-state index contributed by atoms with van der Waals surface area (Å²) < 4.78 is 5.56. The summed E-state index contributed by atoms with van der Waals surface area (Å²) >= 11 is 0. The third-order valence-electron chi connectivity index (χ3n) is 1.99. The van der Waals surface area contributed by atoms with Gasteiger partial charge < -0.3 is 4.74 Å². The van der Waals surface area contributed by atoms with E-state index in [9.17, 15) is 0 Å². The summed E-state index contributed by atoms with van der Waals surface area (Å²) in [5.74, 6) is 0. The molecule has 0 aliphatic heterocycles. The largest absolute Gasteiger partial charge is 0.372 e. The number of rotatable bonds is 4. The molecule has 1 aromatic rings. The molecule has 14 heavy (non-hydrogen) atoms. The van der Waals surface area contributed by atoms with Crippen molar-refractivity contribution in [1.29, 1.82) is 0 Å². The van der Waals surface area contributed by atoms with Crippen LogP contribution in [0, 0.1) is 0 Å². The van der Waals surface area contributed by atoms with Crippen LogP contribution < -0.4 is 0 Å². The Hall–Kier alpha value is -1.08. The first-order valence-electron chi connectivity index (χ1n) is 5.02. The molecule has 1 heteroatoms. The van der Waals surface area contributed by atoms with Crippen molar-refractivity contribution >= 4 is 6.08 Å². The van der Waals surface area contributed by atoms with E-state index in [0.717, 1.165) is 6.61 Å². The maximum Gasteiger partial charge on any atom is 0.0809 e. The Morgan fingerprint density at radius 3 is 2.43 bits per heavy atom. The molecule has 1 aromatic carbocycles. The van der Waals surface area contributed by atoms with E-state index in [0.29, 0.717) is 0 Å². The number of hydrogen-bond acceptors (Lipinski definition) is 1. The van der Waals surface area contributed by atoms with Crippen LogP contribution in [-0.4, -0.2) is 12.2 Å². The van der Waals surface area contributed by atoms with Crippen LogP contribution in [-0.2, 0) is 4.74 Å². The van der Waals surface area contributed by atoms with Gasteiger partial charge in [0.15, 0.2) is 0 Å². The quantitative estimate of drug-likeness (QED) is 0.706. The van der Waals surface area contributed by atoms with E-state index in [1.54, 1.807) is 0 Å². The highest BCUT2D eigenvalue weighted by molar-refractivity contribution is 5.49. The fraction of sp³-hybridized carbons (Fsp3) is 0.385. The highest BCUT2D eigenvalue weighted by atomic mass is 16.5. The molecule has 0 unspecified atom stereocenters. The Morgan fingerprint density at radius 1 is 1.21 bits per heavy atom. The molecular weight excluding hydrogens is 172 g/mol. The van der Waals surface area contributed by atoms with Crippen molar-refractivity contribution in [2.24, 2.45) is 0 Å². The van der Waals surface area contributed by atoms with Gasteiger partial charge in [0.05, 0.1) is 5.60 Å². The van der Waals surface area contributed by atoms with Crippen molar-refractivity contribution in [3.8, 4) is 0 Å². The average molecular weight is 190 g/mol. The highest BCUT2D eigenvalue weighted by Gasteiger charge is 2.11. The second-order valence-electron chi connectivity index (χ2n) is 3.78. The average Bonchev–Trinajstić information content (AvgIpc) is 2.17. The van der Waals surface area contributed by atoms with Crippen LogP contribution >= 0.6 is 0 Å². The van der Waals surface area contributed by atoms with E-state index < -0.39 is 0 Å². The van der Waals surface area contributed by atoms with E-state index in [-0.39, 0.29) is 5.60 Å².